The van der Waals surface area contributed by atoms with E-state index in [2.05, 4.69) is 10.3 Å². The minimum absolute atomic E-state index is 0.135. The number of aromatic nitrogens is 1. The number of ether oxygens (including phenoxy) is 2. The van der Waals surface area contributed by atoms with Gasteiger partial charge in [0.1, 0.15) is 5.82 Å². The molecular formula is C17H21N3O4. The van der Waals surface area contributed by atoms with Crippen LogP contribution in [0.4, 0.5) is 0 Å². The van der Waals surface area contributed by atoms with Gasteiger partial charge in [-0.3, -0.25) is 4.98 Å². The standard InChI is InChI=1S/C17H21N3O4/c1-9(2)24-17(22)12-10(3)20-15(18)14(16(21)23-4)13(12)11-7-5-6-8-19-11/h5-9,13,20H,18H2,1-4H3. The third kappa shape index (κ3) is 3.40. The SMILES string of the molecule is COC(=O)C1=C(N)NC(C)=C(C(=O)OC(C)C)C1c1ccccn1. The van der Waals surface area contributed by atoms with E-state index in [0.717, 1.165) is 0 Å². The number of hydrogen-bond acceptors (Lipinski definition) is 7. The molecule has 0 radical (unpaired) electrons. The summed E-state index contributed by atoms with van der Waals surface area (Å²) in [5, 5.41) is 2.86. The molecule has 0 aromatic carbocycles. The maximum atomic E-state index is 12.6. The van der Waals surface area contributed by atoms with E-state index in [4.69, 9.17) is 15.2 Å². The van der Waals surface area contributed by atoms with Gasteiger partial charge in [0.15, 0.2) is 0 Å². The molecule has 0 saturated carbocycles. The third-order valence-corrected chi connectivity index (χ3v) is 3.55. The van der Waals surface area contributed by atoms with Crippen LogP contribution in [0.3, 0.4) is 0 Å². The van der Waals surface area contributed by atoms with Crippen LogP contribution in [0.15, 0.2) is 47.1 Å². The van der Waals surface area contributed by atoms with Crippen LogP contribution in [0.1, 0.15) is 32.4 Å². The van der Waals surface area contributed by atoms with E-state index in [1.165, 1.54) is 7.11 Å². The molecule has 0 amide bonds. The summed E-state index contributed by atoms with van der Waals surface area (Å²) in [7, 11) is 1.26. The molecule has 1 aliphatic heterocycles. The van der Waals surface area contributed by atoms with Crippen LogP contribution in [0.25, 0.3) is 0 Å². The summed E-state index contributed by atoms with van der Waals surface area (Å²) in [6.45, 7) is 5.21. The molecule has 0 aliphatic carbocycles. The van der Waals surface area contributed by atoms with E-state index >= 15 is 0 Å². The molecule has 7 heteroatoms. The lowest BCUT2D eigenvalue weighted by atomic mass is 9.84. The summed E-state index contributed by atoms with van der Waals surface area (Å²) in [5.41, 5.74) is 7.44. The topological polar surface area (TPSA) is 104 Å². The summed E-state index contributed by atoms with van der Waals surface area (Å²) in [5.74, 6) is -1.78. The number of hydrogen-bond donors (Lipinski definition) is 2. The molecule has 1 aromatic rings. The van der Waals surface area contributed by atoms with Crippen LogP contribution in [-0.4, -0.2) is 30.1 Å². The van der Waals surface area contributed by atoms with Gasteiger partial charge in [0.25, 0.3) is 0 Å². The van der Waals surface area contributed by atoms with Crippen molar-refractivity contribution in [1.82, 2.24) is 10.3 Å². The van der Waals surface area contributed by atoms with Gasteiger partial charge >= 0.3 is 11.9 Å². The summed E-state index contributed by atoms with van der Waals surface area (Å²) in [6.07, 6.45) is 1.29. The molecule has 7 nitrogen and oxygen atoms in total. The number of nitrogens with zero attached hydrogens (tertiary/aromatic N) is 1. The van der Waals surface area contributed by atoms with Gasteiger partial charge in [-0.05, 0) is 32.9 Å². The zero-order valence-corrected chi connectivity index (χ0v) is 14.1. The molecule has 0 fully saturated rings. The molecular weight excluding hydrogens is 310 g/mol. The highest BCUT2D eigenvalue weighted by atomic mass is 16.5. The van der Waals surface area contributed by atoms with Crippen molar-refractivity contribution in [2.45, 2.75) is 32.8 Å². The predicted molar refractivity (Wildman–Crippen MR) is 87.3 cm³/mol. The van der Waals surface area contributed by atoms with Gasteiger partial charge in [-0.15, -0.1) is 0 Å². The van der Waals surface area contributed by atoms with Crippen molar-refractivity contribution in [1.29, 1.82) is 0 Å². The maximum Gasteiger partial charge on any atom is 0.338 e. The molecule has 2 heterocycles. The Kier molecular flexibility index (Phi) is 5.23. The predicted octanol–water partition coefficient (Wildman–Crippen LogP) is 1.34. The average Bonchev–Trinajstić information content (AvgIpc) is 2.53. The molecule has 0 spiro atoms. The number of dihydropyridines is 1. The van der Waals surface area contributed by atoms with Crippen LogP contribution in [0.5, 0.6) is 0 Å². The molecule has 1 aromatic heterocycles. The van der Waals surface area contributed by atoms with E-state index < -0.39 is 17.9 Å². The molecule has 3 N–H and O–H groups in total. The van der Waals surface area contributed by atoms with Gasteiger partial charge in [-0.25, -0.2) is 9.59 Å². The van der Waals surface area contributed by atoms with Crippen molar-refractivity contribution >= 4 is 11.9 Å². The Hall–Kier alpha value is -2.83. The number of rotatable bonds is 4. The molecule has 1 aliphatic rings. The molecule has 1 unspecified atom stereocenters. The molecule has 0 bridgehead atoms. The lowest BCUT2D eigenvalue weighted by molar-refractivity contribution is -0.143. The Morgan fingerprint density at radius 1 is 1.25 bits per heavy atom. The zero-order valence-electron chi connectivity index (χ0n) is 14.1. The van der Waals surface area contributed by atoms with E-state index in [9.17, 15) is 9.59 Å². The van der Waals surface area contributed by atoms with Crippen molar-refractivity contribution in [2.75, 3.05) is 7.11 Å². The lowest BCUT2D eigenvalue weighted by Gasteiger charge is -2.29. The van der Waals surface area contributed by atoms with Crippen LogP contribution >= 0.6 is 0 Å². The second kappa shape index (κ2) is 7.16. The number of nitrogens with two attached hydrogens (primary N) is 1. The lowest BCUT2D eigenvalue weighted by Crippen LogP contribution is -2.36. The number of allylic oxidation sites excluding steroid dienone is 1. The van der Waals surface area contributed by atoms with Crippen molar-refractivity contribution < 1.29 is 19.1 Å². The fourth-order valence-corrected chi connectivity index (χ4v) is 2.58. The Morgan fingerprint density at radius 3 is 2.50 bits per heavy atom. The number of carbonyl (C=O) groups is 2. The van der Waals surface area contributed by atoms with Crippen molar-refractivity contribution in [3.8, 4) is 0 Å². The largest absolute Gasteiger partial charge is 0.466 e. The van der Waals surface area contributed by atoms with Crippen molar-refractivity contribution in [3.63, 3.8) is 0 Å². The summed E-state index contributed by atoms with van der Waals surface area (Å²) in [4.78, 5) is 29.1. The van der Waals surface area contributed by atoms with Crippen LogP contribution in [0.2, 0.25) is 0 Å². The molecule has 128 valence electrons. The highest BCUT2D eigenvalue weighted by Crippen LogP contribution is 2.37. The van der Waals surface area contributed by atoms with E-state index in [0.29, 0.717) is 11.4 Å². The normalized spacial score (nSPS) is 17.6. The number of nitrogens with one attached hydrogen (secondary N) is 1. The van der Waals surface area contributed by atoms with Crippen LogP contribution in [-0.2, 0) is 19.1 Å². The molecule has 24 heavy (non-hydrogen) atoms. The fourth-order valence-electron chi connectivity index (χ4n) is 2.58. The van der Waals surface area contributed by atoms with E-state index in [-0.39, 0.29) is 23.1 Å². The van der Waals surface area contributed by atoms with Gasteiger partial charge in [-0.2, -0.15) is 0 Å². The minimum Gasteiger partial charge on any atom is -0.466 e. The molecule has 2 rings (SSSR count). The highest BCUT2D eigenvalue weighted by Gasteiger charge is 2.39. The maximum absolute atomic E-state index is 12.6. The van der Waals surface area contributed by atoms with Crippen molar-refractivity contribution in [2.24, 2.45) is 5.73 Å². The number of esters is 2. The number of carbonyl (C=O) groups excluding carboxylic acids is 2. The zero-order chi connectivity index (χ0) is 17.9. The molecule has 0 saturated heterocycles. The van der Waals surface area contributed by atoms with Gasteiger partial charge in [0.2, 0.25) is 0 Å². The van der Waals surface area contributed by atoms with Gasteiger partial charge in [-0.1, -0.05) is 6.07 Å². The Morgan fingerprint density at radius 2 is 1.96 bits per heavy atom. The number of pyridine rings is 1. The Bertz CT molecular complexity index is 708. The van der Waals surface area contributed by atoms with E-state index in [1.54, 1.807) is 45.2 Å². The average molecular weight is 331 g/mol. The van der Waals surface area contributed by atoms with Crippen LogP contribution < -0.4 is 11.1 Å². The second-order valence-electron chi connectivity index (χ2n) is 5.62. The van der Waals surface area contributed by atoms with Crippen LogP contribution in [0, 0.1) is 0 Å². The summed E-state index contributed by atoms with van der Waals surface area (Å²) < 4.78 is 10.2. The van der Waals surface area contributed by atoms with Crippen molar-refractivity contribution in [3.05, 3.63) is 52.8 Å². The smallest absolute Gasteiger partial charge is 0.338 e. The van der Waals surface area contributed by atoms with Gasteiger partial charge < -0.3 is 20.5 Å². The fraction of sp³-hybridized carbons (Fsp3) is 0.353. The second-order valence-corrected chi connectivity index (χ2v) is 5.62. The summed E-state index contributed by atoms with van der Waals surface area (Å²) >= 11 is 0. The first-order valence-electron chi connectivity index (χ1n) is 7.54. The van der Waals surface area contributed by atoms with Gasteiger partial charge in [0, 0.05) is 11.9 Å². The van der Waals surface area contributed by atoms with Gasteiger partial charge in [0.05, 0.1) is 36.0 Å². The quantitative estimate of drug-likeness (QED) is 0.802. The Labute approximate surface area is 140 Å². The highest BCUT2D eigenvalue weighted by molar-refractivity contribution is 5.99. The molecule has 1 atom stereocenters. The first kappa shape index (κ1) is 17.5. The first-order valence-corrected chi connectivity index (χ1v) is 7.54. The first-order chi connectivity index (χ1) is 11.4. The third-order valence-electron chi connectivity index (χ3n) is 3.55. The number of methoxy groups -OCH3 is 1. The van der Waals surface area contributed by atoms with E-state index in [1.807, 2.05) is 0 Å². The Balaban J connectivity index is 2.61. The monoisotopic (exact) mass is 331 g/mol. The minimum atomic E-state index is -0.758. The summed E-state index contributed by atoms with van der Waals surface area (Å²) in [6, 6.07) is 5.25.